The maximum Gasteiger partial charge on any atom is 0.128 e. The van der Waals surface area contributed by atoms with Crippen molar-refractivity contribution in [3.05, 3.63) is 53.2 Å². The molecule has 0 aliphatic heterocycles. The Morgan fingerprint density at radius 1 is 1.22 bits per heavy atom. The Labute approximate surface area is 116 Å². The number of nitrogens with zero attached hydrogens (tertiary/aromatic N) is 1. The van der Waals surface area contributed by atoms with Crippen molar-refractivity contribution in [2.45, 2.75) is 10.9 Å². The van der Waals surface area contributed by atoms with Gasteiger partial charge >= 0.3 is 0 Å². The fourth-order valence-corrected chi connectivity index (χ4v) is 2.79. The van der Waals surface area contributed by atoms with Gasteiger partial charge in [-0.15, -0.1) is 11.8 Å². The van der Waals surface area contributed by atoms with Crippen LogP contribution in [0.2, 0.25) is 5.02 Å². The third-order valence-electron chi connectivity index (χ3n) is 2.53. The Bertz CT molecular complexity index is 533. The first kappa shape index (κ1) is 13.2. The van der Waals surface area contributed by atoms with Crippen LogP contribution >= 0.6 is 23.4 Å². The second kappa shape index (κ2) is 6.09. The van der Waals surface area contributed by atoms with Gasteiger partial charge in [0.15, 0.2) is 0 Å². The van der Waals surface area contributed by atoms with Gasteiger partial charge in [-0.1, -0.05) is 29.8 Å². The number of nitrogens with two attached hydrogens (primary N) is 2. The first-order valence-corrected chi connectivity index (χ1v) is 6.88. The number of halogens is 1. The molecule has 2 rings (SSSR count). The van der Waals surface area contributed by atoms with E-state index < -0.39 is 0 Å². The monoisotopic (exact) mass is 279 g/mol. The predicted molar refractivity (Wildman–Crippen MR) is 77.8 cm³/mol. The number of pyridine rings is 1. The van der Waals surface area contributed by atoms with Gasteiger partial charge in [0.2, 0.25) is 0 Å². The summed E-state index contributed by atoms with van der Waals surface area (Å²) in [6.45, 7) is 0. The topological polar surface area (TPSA) is 64.9 Å². The van der Waals surface area contributed by atoms with Crippen LogP contribution in [0.4, 0.5) is 5.82 Å². The summed E-state index contributed by atoms with van der Waals surface area (Å²) in [7, 11) is 0. The van der Waals surface area contributed by atoms with E-state index in [1.807, 2.05) is 36.4 Å². The van der Waals surface area contributed by atoms with Gasteiger partial charge in [0, 0.05) is 28.5 Å². The molecule has 5 heteroatoms. The van der Waals surface area contributed by atoms with Crippen molar-refractivity contribution < 1.29 is 0 Å². The van der Waals surface area contributed by atoms with E-state index in [0.717, 1.165) is 15.5 Å². The number of aromatic nitrogens is 1. The average molecular weight is 280 g/mol. The van der Waals surface area contributed by atoms with Crippen LogP contribution < -0.4 is 11.5 Å². The van der Waals surface area contributed by atoms with E-state index >= 15 is 0 Å². The molecule has 3 nitrogen and oxygen atoms in total. The smallest absolute Gasteiger partial charge is 0.128 e. The average Bonchev–Trinajstić information content (AvgIpc) is 2.38. The van der Waals surface area contributed by atoms with Gasteiger partial charge in [0.05, 0.1) is 5.02 Å². The quantitative estimate of drug-likeness (QED) is 0.844. The number of hydrogen-bond acceptors (Lipinski definition) is 4. The fourth-order valence-electron chi connectivity index (χ4n) is 1.57. The lowest BCUT2D eigenvalue weighted by molar-refractivity contribution is 0.828. The maximum absolute atomic E-state index is 6.11. The number of hydrogen-bond donors (Lipinski definition) is 2. The molecule has 0 saturated heterocycles. The van der Waals surface area contributed by atoms with Crippen LogP contribution in [0.25, 0.3) is 0 Å². The SMILES string of the molecule is Nc1ncccc1C(N)CSc1ccccc1Cl. The zero-order valence-electron chi connectivity index (χ0n) is 9.71. The number of thioether (sulfide) groups is 1. The Morgan fingerprint density at radius 3 is 2.72 bits per heavy atom. The minimum absolute atomic E-state index is 0.153. The van der Waals surface area contributed by atoms with Crippen LogP contribution in [0.3, 0.4) is 0 Å². The summed E-state index contributed by atoms with van der Waals surface area (Å²) in [6.07, 6.45) is 1.66. The van der Waals surface area contributed by atoms with Crippen LogP contribution in [-0.4, -0.2) is 10.7 Å². The lowest BCUT2D eigenvalue weighted by Gasteiger charge is -2.13. The van der Waals surface area contributed by atoms with Gasteiger partial charge in [-0.25, -0.2) is 4.98 Å². The summed E-state index contributed by atoms with van der Waals surface area (Å²) in [6, 6.07) is 11.3. The molecule has 1 heterocycles. The van der Waals surface area contributed by atoms with Gasteiger partial charge < -0.3 is 11.5 Å². The molecule has 0 aliphatic carbocycles. The molecule has 0 aliphatic rings. The van der Waals surface area contributed by atoms with E-state index in [0.29, 0.717) is 11.6 Å². The molecular weight excluding hydrogens is 266 g/mol. The predicted octanol–water partition coefficient (Wildman–Crippen LogP) is 3.11. The molecule has 0 fully saturated rings. The standard InChI is InChI=1S/C13H14ClN3S/c14-10-5-1-2-6-12(10)18-8-11(15)9-4-3-7-17-13(9)16/h1-7,11H,8,15H2,(H2,16,17). The molecule has 0 bridgehead atoms. The molecule has 0 saturated carbocycles. The van der Waals surface area contributed by atoms with Gasteiger partial charge in [0.1, 0.15) is 5.82 Å². The van der Waals surface area contributed by atoms with E-state index in [9.17, 15) is 0 Å². The van der Waals surface area contributed by atoms with Crippen LogP contribution in [0.5, 0.6) is 0 Å². The van der Waals surface area contributed by atoms with Crippen molar-refractivity contribution in [3.63, 3.8) is 0 Å². The molecule has 1 aromatic heterocycles. The highest BCUT2D eigenvalue weighted by Crippen LogP contribution is 2.30. The molecule has 1 unspecified atom stereocenters. The number of benzene rings is 1. The summed E-state index contributed by atoms with van der Waals surface area (Å²) in [5.41, 5.74) is 12.8. The van der Waals surface area contributed by atoms with Crippen LogP contribution in [0, 0.1) is 0 Å². The van der Waals surface area contributed by atoms with Crippen molar-refractivity contribution in [1.29, 1.82) is 0 Å². The van der Waals surface area contributed by atoms with E-state index in [2.05, 4.69) is 4.98 Å². The van der Waals surface area contributed by atoms with E-state index in [4.69, 9.17) is 23.1 Å². The third kappa shape index (κ3) is 3.16. The molecule has 0 radical (unpaired) electrons. The summed E-state index contributed by atoms with van der Waals surface area (Å²) in [5, 5.41) is 0.744. The molecule has 2 aromatic rings. The molecule has 18 heavy (non-hydrogen) atoms. The minimum atomic E-state index is -0.153. The summed E-state index contributed by atoms with van der Waals surface area (Å²) in [5.74, 6) is 1.20. The Morgan fingerprint density at radius 2 is 2.00 bits per heavy atom. The third-order valence-corrected chi connectivity index (χ3v) is 4.16. The van der Waals surface area contributed by atoms with Gasteiger partial charge in [0.25, 0.3) is 0 Å². The first-order chi connectivity index (χ1) is 8.68. The van der Waals surface area contributed by atoms with E-state index in [-0.39, 0.29) is 6.04 Å². The normalized spacial score (nSPS) is 12.3. The zero-order valence-corrected chi connectivity index (χ0v) is 11.3. The van der Waals surface area contributed by atoms with Crippen molar-refractivity contribution >= 4 is 29.2 Å². The summed E-state index contributed by atoms with van der Waals surface area (Å²) < 4.78 is 0. The molecule has 4 N–H and O–H groups in total. The highest BCUT2D eigenvalue weighted by Gasteiger charge is 2.11. The molecule has 1 aromatic carbocycles. The van der Waals surface area contributed by atoms with E-state index in [1.165, 1.54) is 0 Å². The maximum atomic E-state index is 6.11. The molecule has 1 atom stereocenters. The fraction of sp³-hybridized carbons (Fsp3) is 0.154. The van der Waals surface area contributed by atoms with Crippen LogP contribution in [-0.2, 0) is 0 Å². The summed E-state index contributed by atoms with van der Waals surface area (Å²) in [4.78, 5) is 5.06. The lowest BCUT2D eigenvalue weighted by Crippen LogP contribution is -2.15. The lowest BCUT2D eigenvalue weighted by atomic mass is 10.1. The zero-order chi connectivity index (χ0) is 13.0. The minimum Gasteiger partial charge on any atom is -0.383 e. The Hall–Kier alpha value is -1.23. The van der Waals surface area contributed by atoms with Crippen molar-refractivity contribution in [1.82, 2.24) is 4.98 Å². The molecular formula is C13H14ClN3S. The van der Waals surface area contributed by atoms with Crippen molar-refractivity contribution in [3.8, 4) is 0 Å². The highest BCUT2D eigenvalue weighted by atomic mass is 35.5. The van der Waals surface area contributed by atoms with Crippen molar-refractivity contribution in [2.75, 3.05) is 11.5 Å². The number of rotatable bonds is 4. The van der Waals surface area contributed by atoms with Crippen LogP contribution in [0.15, 0.2) is 47.5 Å². The highest BCUT2D eigenvalue weighted by molar-refractivity contribution is 7.99. The van der Waals surface area contributed by atoms with Gasteiger partial charge in [-0.05, 0) is 18.2 Å². The molecule has 0 amide bonds. The van der Waals surface area contributed by atoms with E-state index in [1.54, 1.807) is 18.0 Å². The number of nitrogen functional groups attached to an aromatic ring is 1. The first-order valence-electron chi connectivity index (χ1n) is 5.52. The Kier molecular flexibility index (Phi) is 4.47. The van der Waals surface area contributed by atoms with Crippen LogP contribution in [0.1, 0.15) is 11.6 Å². The largest absolute Gasteiger partial charge is 0.383 e. The van der Waals surface area contributed by atoms with Gasteiger partial charge in [-0.2, -0.15) is 0 Å². The molecule has 0 spiro atoms. The molecule has 94 valence electrons. The van der Waals surface area contributed by atoms with Crippen molar-refractivity contribution in [2.24, 2.45) is 5.73 Å². The second-order valence-electron chi connectivity index (χ2n) is 3.83. The summed E-state index contributed by atoms with van der Waals surface area (Å²) >= 11 is 7.70. The van der Waals surface area contributed by atoms with Gasteiger partial charge in [-0.3, -0.25) is 0 Å². The Balaban J connectivity index is 2.03. The number of anilines is 1. The second-order valence-corrected chi connectivity index (χ2v) is 5.29.